The van der Waals surface area contributed by atoms with Crippen LogP contribution in [0.15, 0.2) is 37.4 Å². The van der Waals surface area contributed by atoms with Crippen molar-refractivity contribution in [2.75, 3.05) is 86.8 Å². The van der Waals surface area contributed by atoms with E-state index in [1.165, 1.54) is 0 Å². The van der Waals surface area contributed by atoms with Crippen LogP contribution in [0.5, 0.6) is 0 Å². The van der Waals surface area contributed by atoms with Crippen LogP contribution in [0, 0.1) is 5.92 Å². The van der Waals surface area contributed by atoms with E-state index in [4.69, 9.17) is 14.5 Å². The fourth-order valence-corrected chi connectivity index (χ4v) is 6.16. The maximum absolute atomic E-state index is 13.4. The number of pyridine rings is 1. The SMILES string of the molecule is C=CCN(CC)c1ccc(N(CC)CC=C)c(N2CCN(C(=O)OCC34CCCN3C(=O)C(OCC(C)C)C4=O)CC2)n1. The lowest BCUT2D eigenvalue weighted by Gasteiger charge is -2.38. The summed E-state index contributed by atoms with van der Waals surface area (Å²) >= 11 is 0. The zero-order valence-electron chi connectivity index (χ0n) is 26.3. The molecule has 0 bridgehead atoms. The van der Waals surface area contributed by atoms with Crippen LogP contribution in [0.1, 0.15) is 40.5 Å². The summed E-state index contributed by atoms with van der Waals surface area (Å²) in [4.78, 5) is 54.5. The van der Waals surface area contributed by atoms with Crippen molar-refractivity contribution in [2.24, 2.45) is 5.92 Å². The number of Topliss-reactive ketones (excluding diaryl/α,β-unsaturated/α-hetero) is 1. The highest BCUT2D eigenvalue weighted by Crippen LogP contribution is 2.39. The predicted octanol–water partition coefficient (Wildman–Crippen LogP) is 3.35. The van der Waals surface area contributed by atoms with E-state index in [1.54, 1.807) is 9.80 Å². The van der Waals surface area contributed by atoms with Crippen molar-refractivity contribution in [2.45, 2.75) is 52.2 Å². The highest BCUT2D eigenvalue weighted by atomic mass is 16.6. The van der Waals surface area contributed by atoms with Crippen molar-refractivity contribution in [3.63, 3.8) is 0 Å². The van der Waals surface area contributed by atoms with Crippen molar-refractivity contribution < 1.29 is 23.9 Å². The predicted molar refractivity (Wildman–Crippen MR) is 169 cm³/mol. The molecule has 0 radical (unpaired) electrons. The minimum Gasteiger partial charge on any atom is -0.446 e. The van der Waals surface area contributed by atoms with Gasteiger partial charge < -0.3 is 34.0 Å². The molecular formula is C32H48N6O5. The van der Waals surface area contributed by atoms with E-state index < -0.39 is 17.7 Å². The standard InChI is InChI=1S/C32H48N6O5/c1-7-15-34(9-3)25-12-13-26(35(10-4)16-8-2)33-29(25)36-18-20-37(21-19-36)31(41)43-23-32-14-11-17-38(32)30(40)27(28(32)39)42-22-24(5)6/h7-8,12-13,24,27H,1-2,9-11,14-23H2,3-6H3. The second-order valence-electron chi connectivity index (χ2n) is 11.8. The van der Waals surface area contributed by atoms with Crippen molar-refractivity contribution in [1.29, 1.82) is 0 Å². The van der Waals surface area contributed by atoms with Gasteiger partial charge in [-0.1, -0.05) is 26.0 Å². The first kappa shape index (κ1) is 32.3. The van der Waals surface area contributed by atoms with Gasteiger partial charge in [-0.25, -0.2) is 9.78 Å². The van der Waals surface area contributed by atoms with E-state index in [2.05, 4.69) is 47.8 Å². The van der Waals surface area contributed by atoms with Crippen molar-refractivity contribution in [3.05, 3.63) is 37.4 Å². The molecule has 3 saturated heterocycles. The second kappa shape index (κ2) is 14.2. The van der Waals surface area contributed by atoms with Gasteiger partial charge in [0.25, 0.3) is 5.91 Å². The van der Waals surface area contributed by atoms with Gasteiger partial charge in [0, 0.05) is 58.9 Å². The third-order valence-corrected chi connectivity index (χ3v) is 8.51. The molecule has 11 nitrogen and oxygen atoms in total. The first-order chi connectivity index (χ1) is 20.7. The molecule has 4 heterocycles. The summed E-state index contributed by atoms with van der Waals surface area (Å²) in [5, 5.41) is 0. The molecule has 2 unspecified atom stereocenters. The number of anilines is 3. The molecule has 3 aliphatic heterocycles. The van der Waals surface area contributed by atoms with Gasteiger partial charge in [0.2, 0.25) is 0 Å². The summed E-state index contributed by atoms with van der Waals surface area (Å²) < 4.78 is 11.5. The molecule has 2 atom stereocenters. The Kier molecular flexibility index (Phi) is 10.7. The highest BCUT2D eigenvalue weighted by Gasteiger charge is 2.61. The van der Waals surface area contributed by atoms with Crippen LogP contribution in [0.2, 0.25) is 0 Å². The first-order valence-electron chi connectivity index (χ1n) is 15.6. The Balaban J connectivity index is 1.43. The molecule has 1 aromatic rings. The third kappa shape index (κ3) is 6.66. The summed E-state index contributed by atoms with van der Waals surface area (Å²) in [6.45, 7) is 21.7. The van der Waals surface area contributed by atoms with E-state index in [9.17, 15) is 14.4 Å². The molecule has 0 spiro atoms. The van der Waals surface area contributed by atoms with E-state index in [0.717, 1.165) is 30.4 Å². The lowest BCUT2D eigenvalue weighted by atomic mass is 9.93. The average molecular weight is 597 g/mol. The smallest absolute Gasteiger partial charge is 0.409 e. The molecule has 2 amide bonds. The molecular weight excluding hydrogens is 548 g/mol. The van der Waals surface area contributed by atoms with Gasteiger partial charge in [-0.15, -0.1) is 13.2 Å². The molecule has 11 heteroatoms. The maximum atomic E-state index is 13.4. The van der Waals surface area contributed by atoms with Gasteiger partial charge in [0.05, 0.1) is 12.3 Å². The number of piperazine rings is 1. The van der Waals surface area contributed by atoms with Crippen molar-refractivity contribution >= 4 is 35.1 Å². The fourth-order valence-electron chi connectivity index (χ4n) is 6.16. The maximum Gasteiger partial charge on any atom is 0.409 e. The van der Waals surface area contributed by atoms with E-state index in [0.29, 0.717) is 65.3 Å². The third-order valence-electron chi connectivity index (χ3n) is 8.51. The van der Waals surface area contributed by atoms with Gasteiger partial charge in [-0.2, -0.15) is 0 Å². The number of nitrogens with zero attached hydrogens (tertiary/aromatic N) is 6. The first-order valence-corrected chi connectivity index (χ1v) is 15.6. The molecule has 0 N–H and O–H groups in total. The van der Waals surface area contributed by atoms with Crippen LogP contribution in [-0.2, 0) is 19.1 Å². The highest BCUT2D eigenvalue weighted by molar-refractivity contribution is 6.16. The molecule has 0 aliphatic carbocycles. The minimum atomic E-state index is -1.12. The number of fused-ring (bicyclic) bond motifs is 1. The zero-order chi connectivity index (χ0) is 31.1. The number of hydrogen-bond acceptors (Lipinski definition) is 9. The van der Waals surface area contributed by atoms with Crippen LogP contribution < -0.4 is 14.7 Å². The largest absolute Gasteiger partial charge is 0.446 e. The zero-order valence-corrected chi connectivity index (χ0v) is 26.3. The number of rotatable bonds is 14. The molecule has 43 heavy (non-hydrogen) atoms. The number of amides is 2. The molecule has 236 valence electrons. The van der Waals surface area contributed by atoms with Crippen molar-refractivity contribution in [3.8, 4) is 0 Å². The Hall–Kier alpha value is -3.60. The molecule has 3 aliphatic rings. The van der Waals surface area contributed by atoms with Gasteiger partial charge in [-0.05, 0) is 44.7 Å². The summed E-state index contributed by atoms with van der Waals surface area (Å²) in [6.07, 6.45) is 3.35. The number of hydrogen-bond donors (Lipinski definition) is 0. The summed E-state index contributed by atoms with van der Waals surface area (Å²) in [6, 6.07) is 4.16. The van der Waals surface area contributed by atoms with E-state index >= 15 is 0 Å². The van der Waals surface area contributed by atoms with Crippen LogP contribution in [0.4, 0.5) is 22.1 Å². The number of ether oxygens (including phenoxy) is 2. The fraction of sp³-hybridized carbons (Fsp3) is 0.625. The molecule has 1 aromatic heterocycles. The Morgan fingerprint density at radius 1 is 1.07 bits per heavy atom. The topological polar surface area (TPSA) is 98.8 Å². The number of aromatic nitrogens is 1. The van der Waals surface area contributed by atoms with E-state index in [1.807, 2.05) is 32.1 Å². The van der Waals surface area contributed by atoms with Crippen LogP contribution in [-0.4, -0.2) is 116 Å². The lowest BCUT2D eigenvalue weighted by molar-refractivity contribution is -0.141. The quantitative estimate of drug-likeness (QED) is 0.237. The second-order valence-corrected chi connectivity index (χ2v) is 11.8. The number of ketones is 1. The van der Waals surface area contributed by atoms with E-state index in [-0.39, 0.29) is 24.2 Å². The number of carbonyl (C=O) groups excluding carboxylic acids is 3. The van der Waals surface area contributed by atoms with Gasteiger partial charge in [-0.3, -0.25) is 9.59 Å². The molecule has 0 aromatic carbocycles. The van der Waals surface area contributed by atoms with Crippen LogP contribution in [0.25, 0.3) is 0 Å². The summed E-state index contributed by atoms with van der Waals surface area (Å²) in [5.41, 5.74) is -0.100. The number of likely N-dealkylation sites (N-methyl/N-ethyl adjacent to an activating group) is 2. The van der Waals surface area contributed by atoms with Gasteiger partial charge >= 0.3 is 6.09 Å². The Labute approximate surface area is 256 Å². The lowest BCUT2D eigenvalue weighted by Crippen LogP contribution is -2.53. The monoisotopic (exact) mass is 596 g/mol. The average Bonchev–Trinajstić information content (AvgIpc) is 3.53. The van der Waals surface area contributed by atoms with Crippen LogP contribution >= 0.6 is 0 Å². The Morgan fingerprint density at radius 2 is 1.74 bits per heavy atom. The summed E-state index contributed by atoms with van der Waals surface area (Å²) in [7, 11) is 0. The van der Waals surface area contributed by atoms with Crippen LogP contribution in [0.3, 0.4) is 0 Å². The minimum absolute atomic E-state index is 0.144. The molecule has 3 fully saturated rings. The normalized spacial score (nSPS) is 21.8. The Bertz CT molecular complexity index is 1180. The Morgan fingerprint density at radius 3 is 2.37 bits per heavy atom. The number of carbonyl (C=O) groups is 3. The molecule has 0 saturated carbocycles. The van der Waals surface area contributed by atoms with Gasteiger partial charge in [0.1, 0.15) is 18.0 Å². The van der Waals surface area contributed by atoms with Crippen molar-refractivity contribution in [1.82, 2.24) is 14.8 Å². The molecule has 4 rings (SSSR count). The summed E-state index contributed by atoms with van der Waals surface area (Å²) in [5.74, 6) is 1.35. The van der Waals surface area contributed by atoms with Gasteiger partial charge in [0.15, 0.2) is 17.7 Å².